The second-order valence-electron chi connectivity index (χ2n) is 8.96. The van der Waals surface area contributed by atoms with Crippen molar-refractivity contribution in [2.45, 2.75) is 50.6 Å². The van der Waals surface area contributed by atoms with E-state index in [1.165, 1.54) is 11.2 Å². The summed E-state index contributed by atoms with van der Waals surface area (Å²) in [6, 6.07) is 12.4. The summed E-state index contributed by atoms with van der Waals surface area (Å²) in [5.41, 5.74) is 2.49. The molecule has 0 bridgehead atoms. The van der Waals surface area contributed by atoms with Gasteiger partial charge < -0.3 is 15.0 Å². The van der Waals surface area contributed by atoms with Gasteiger partial charge in [-0.15, -0.1) is 0 Å². The normalized spacial score (nSPS) is 20.6. The minimum Gasteiger partial charge on any atom is -0.496 e. The molecule has 1 saturated heterocycles. The Hall–Kier alpha value is -2.91. The number of carbonyl (C=O) groups is 2. The number of anilines is 1. The Morgan fingerprint density at radius 2 is 1.94 bits per heavy atom. The average molecular weight is 486 g/mol. The van der Waals surface area contributed by atoms with Crippen LogP contribution < -0.4 is 15.0 Å². The van der Waals surface area contributed by atoms with Crippen molar-refractivity contribution >= 4 is 27.5 Å². The molecule has 1 N–H and O–H groups in total. The van der Waals surface area contributed by atoms with E-state index in [0.717, 1.165) is 16.8 Å². The molecule has 0 aromatic heterocycles. The van der Waals surface area contributed by atoms with E-state index in [9.17, 15) is 18.0 Å². The first-order valence-electron chi connectivity index (χ1n) is 11.5. The number of fused-ring (bicyclic) bond motifs is 1. The number of nitrogens with zero attached hydrogens (tertiary/aromatic N) is 2. The van der Waals surface area contributed by atoms with Crippen LogP contribution in [0, 0.1) is 5.92 Å². The highest BCUT2D eigenvalue weighted by atomic mass is 32.2. The van der Waals surface area contributed by atoms with Gasteiger partial charge in [-0.25, -0.2) is 8.42 Å². The van der Waals surface area contributed by atoms with Crippen LogP contribution in [0.1, 0.15) is 37.8 Å². The number of benzene rings is 2. The molecule has 9 heteroatoms. The van der Waals surface area contributed by atoms with E-state index in [4.69, 9.17) is 4.74 Å². The predicted molar refractivity (Wildman–Crippen MR) is 129 cm³/mol. The molecule has 4 rings (SSSR count). The van der Waals surface area contributed by atoms with Crippen molar-refractivity contribution in [2.75, 3.05) is 25.1 Å². The summed E-state index contributed by atoms with van der Waals surface area (Å²) in [7, 11) is -2.17. The number of carbonyl (C=O) groups excluding carboxylic acids is 2. The van der Waals surface area contributed by atoms with Crippen molar-refractivity contribution in [1.29, 1.82) is 0 Å². The van der Waals surface area contributed by atoms with Crippen LogP contribution >= 0.6 is 0 Å². The number of piperidine rings is 1. The van der Waals surface area contributed by atoms with Crippen LogP contribution in [-0.2, 0) is 32.6 Å². The largest absolute Gasteiger partial charge is 0.496 e. The fourth-order valence-electron chi connectivity index (χ4n) is 4.95. The summed E-state index contributed by atoms with van der Waals surface area (Å²) in [5.74, 6) is 0.0661. The van der Waals surface area contributed by atoms with Gasteiger partial charge in [0.25, 0.3) is 0 Å². The lowest BCUT2D eigenvalue weighted by Crippen LogP contribution is -2.45. The van der Waals surface area contributed by atoms with E-state index in [-0.39, 0.29) is 29.3 Å². The highest BCUT2D eigenvalue weighted by molar-refractivity contribution is 7.89. The highest BCUT2D eigenvalue weighted by Gasteiger charge is 2.35. The number of para-hydroxylation sites is 1. The number of ether oxygens (including phenoxy) is 1. The van der Waals surface area contributed by atoms with E-state index >= 15 is 0 Å². The van der Waals surface area contributed by atoms with Gasteiger partial charge in [-0.3, -0.25) is 9.59 Å². The average Bonchev–Trinajstić information content (AvgIpc) is 3.17. The zero-order valence-electron chi connectivity index (χ0n) is 19.8. The molecule has 0 aliphatic carbocycles. The van der Waals surface area contributed by atoms with Crippen LogP contribution in [0.2, 0.25) is 0 Å². The minimum atomic E-state index is -3.75. The van der Waals surface area contributed by atoms with Crippen molar-refractivity contribution in [3.63, 3.8) is 0 Å². The number of sulfonamides is 1. The van der Waals surface area contributed by atoms with Crippen molar-refractivity contribution in [2.24, 2.45) is 5.92 Å². The molecule has 1 fully saturated rings. The highest BCUT2D eigenvalue weighted by Crippen LogP contribution is 2.35. The Morgan fingerprint density at radius 1 is 1.18 bits per heavy atom. The van der Waals surface area contributed by atoms with Gasteiger partial charge in [0.2, 0.25) is 21.8 Å². The lowest BCUT2D eigenvalue weighted by molar-refractivity contribution is -0.126. The summed E-state index contributed by atoms with van der Waals surface area (Å²) in [6.07, 6.45) is 1.87. The molecule has 2 aliphatic rings. The first-order valence-corrected chi connectivity index (χ1v) is 13.0. The zero-order chi connectivity index (χ0) is 24.5. The maximum absolute atomic E-state index is 13.4. The molecule has 2 aliphatic heterocycles. The number of nitrogens with one attached hydrogen (secondary N) is 1. The Morgan fingerprint density at radius 3 is 2.68 bits per heavy atom. The predicted octanol–water partition coefficient (Wildman–Crippen LogP) is 2.71. The van der Waals surface area contributed by atoms with Crippen molar-refractivity contribution < 1.29 is 22.7 Å². The van der Waals surface area contributed by atoms with Crippen LogP contribution in [0.15, 0.2) is 47.4 Å². The van der Waals surface area contributed by atoms with E-state index in [1.54, 1.807) is 30.2 Å². The fraction of sp³-hybridized carbons (Fsp3) is 0.440. The van der Waals surface area contributed by atoms with Gasteiger partial charge in [-0.1, -0.05) is 18.2 Å². The van der Waals surface area contributed by atoms with Crippen molar-refractivity contribution in [3.8, 4) is 5.75 Å². The standard InChI is InChI=1S/C25H31N3O5S/c1-17-13-21-14-22(10-11-23(21)28(17)18(2)29)34(31,32)27-12-6-8-20(16-27)25(30)26-15-19-7-4-5-9-24(19)33-3/h4-5,7,9-11,14,17,20H,6,8,12-13,15-16H2,1-3H3,(H,26,30)/t17-,20+/m0/s1. The smallest absolute Gasteiger partial charge is 0.243 e. The third-order valence-electron chi connectivity index (χ3n) is 6.64. The molecule has 2 atom stereocenters. The second-order valence-corrected chi connectivity index (χ2v) is 10.9. The number of methoxy groups -OCH3 is 1. The molecule has 8 nitrogen and oxygen atoms in total. The molecule has 2 heterocycles. The number of amides is 2. The Labute approximate surface area is 200 Å². The third kappa shape index (κ3) is 4.67. The molecule has 2 aromatic carbocycles. The quantitative estimate of drug-likeness (QED) is 0.679. The minimum absolute atomic E-state index is 0.00300. The Balaban J connectivity index is 1.46. The summed E-state index contributed by atoms with van der Waals surface area (Å²) in [6.45, 7) is 4.32. The maximum atomic E-state index is 13.4. The van der Waals surface area contributed by atoms with Crippen LogP contribution in [-0.4, -0.2) is 50.8 Å². The van der Waals surface area contributed by atoms with Gasteiger partial charge in [-0.05, 0) is 56.0 Å². The number of rotatable bonds is 6. The maximum Gasteiger partial charge on any atom is 0.243 e. The van der Waals surface area contributed by atoms with E-state index in [2.05, 4.69) is 5.32 Å². The topological polar surface area (TPSA) is 96.0 Å². The Kier molecular flexibility index (Phi) is 6.95. The third-order valence-corrected chi connectivity index (χ3v) is 8.51. The molecule has 0 unspecified atom stereocenters. The van der Waals surface area contributed by atoms with Crippen LogP contribution in [0.25, 0.3) is 0 Å². The SMILES string of the molecule is COc1ccccc1CNC(=O)[C@@H]1CCCN(S(=O)(=O)c2ccc3c(c2)C[C@H](C)N3C(C)=O)C1. The lowest BCUT2D eigenvalue weighted by Gasteiger charge is -2.31. The molecule has 0 saturated carbocycles. The Bertz CT molecular complexity index is 1200. The first-order chi connectivity index (χ1) is 16.2. The lowest BCUT2D eigenvalue weighted by atomic mass is 9.98. The molecule has 0 spiro atoms. The van der Waals surface area contributed by atoms with Crippen LogP contribution in [0.4, 0.5) is 5.69 Å². The monoisotopic (exact) mass is 485 g/mol. The summed E-state index contributed by atoms with van der Waals surface area (Å²) in [5, 5.41) is 2.93. The fourth-order valence-corrected chi connectivity index (χ4v) is 6.52. The van der Waals surface area contributed by atoms with Gasteiger partial charge in [0, 0.05) is 43.9 Å². The first kappa shape index (κ1) is 24.2. The molecule has 2 amide bonds. The van der Waals surface area contributed by atoms with E-state index in [1.807, 2.05) is 31.2 Å². The van der Waals surface area contributed by atoms with Gasteiger partial charge >= 0.3 is 0 Å². The van der Waals surface area contributed by atoms with Crippen LogP contribution in [0.5, 0.6) is 5.75 Å². The van der Waals surface area contributed by atoms with Gasteiger partial charge in [0.15, 0.2) is 0 Å². The molecule has 0 radical (unpaired) electrons. The van der Waals surface area contributed by atoms with Gasteiger partial charge in [0.05, 0.1) is 17.9 Å². The summed E-state index contributed by atoms with van der Waals surface area (Å²) >= 11 is 0. The summed E-state index contributed by atoms with van der Waals surface area (Å²) < 4.78 is 33.6. The molecular weight excluding hydrogens is 454 g/mol. The summed E-state index contributed by atoms with van der Waals surface area (Å²) in [4.78, 5) is 26.8. The van der Waals surface area contributed by atoms with Gasteiger partial charge in [-0.2, -0.15) is 4.31 Å². The van der Waals surface area contributed by atoms with Crippen molar-refractivity contribution in [1.82, 2.24) is 9.62 Å². The van der Waals surface area contributed by atoms with Crippen molar-refractivity contribution in [3.05, 3.63) is 53.6 Å². The second kappa shape index (κ2) is 9.76. The molecule has 34 heavy (non-hydrogen) atoms. The van der Waals surface area contributed by atoms with E-state index < -0.39 is 15.9 Å². The van der Waals surface area contributed by atoms with Gasteiger partial charge in [0.1, 0.15) is 5.75 Å². The number of hydrogen-bond donors (Lipinski definition) is 1. The zero-order valence-corrected chi connectivity index (χ0v) is 20.6. The van der Waals surface area contributed by atoms with Crippen LogP contribution in [0.3, 0.4) is 0 Å². The van der Waals surface area contributed by atoms with E-state index in [0.29, 0.717) is 38.1 Å². The molecule has 182 valence electrons. The molecular formula is C25H31N3O5S. The molecule has 2 aromatic rings. The number of hydrogen-bond acceptors (Lipinski definition) is 5.